The molecule has 27 heavy (non-hydrogen) atoms. The van der Waals surface area contributed by atoms with Crippen molar-refractivity contribution in [2.75, 3.05) is 5.75 Å². The summed E-state index contributed by atoms with van der Waals surface area (Å²) < 4.78 is 1.66. The molecule has 0 atom stereocenters. The number of hydrogen-bond acceptors (Lipinski definition) is 8. The largest absolute Gasteiger partial charge is 0.299 e. The molecule has 2 aromatic heterocycles. The van der Waals surface area contributed by atoms with Crippen LogP contribution in [0.3, 0.4) is 0 Å². The van der Waals surface area contributed by atoms with E-state index in [1.54, 1.807) is 24.2 Å². The number of nitrogens with one attached hydrogen (secondary N) is 2. The van der Waals surface area contributed by atoms with Gasteiger partial charge in [0.25, 0.3) is 0 Å². The Morgan fingerprint density at radius 2 is 1.81 bits per heavy atom. The average Bonchev–Trinajstić information content (AvgIpc) is 3.18. The minimum atomic E-state index is -0.168. The van der Waals surface area contributed by atoms with Crippen LogP contribution in [0.4, 0.5) is 0 Å². The maximum Gasteiger partial charge on any atom is 0.248 e. The lowest BCUT2D eigenvalue weighted by Gasteiger charge is -2.10. The van der Waals surface area contributed by atoms with Crippen LogP contribution in [0.25, 0.3) is 5.70 Å². The van der Waals surface area contributed by atoms with Gasteiger partial charge in [-0.3, -0.25) is 20.6 Å². The van der Waals surface area contributed by atoms with Gasteiger partial charge in [0.2, 0.25) is 5.91 Å². The first kappa shape index (κ1) is 19.4. The quantitative estimate of drug-likeness (QED) is 0.408. The number of nitrogens with zero attached hydrogens (tertiary/aromatic N) is 3. The molecule has 0 spiro atoms. The molecule has 3 rings (SSSR count). The molecule has 0 aliphatic rings. The highest BCUT2D eigenvalue weighted by molar-refractivity contribution is 8.03. The van der Waals surface area contributed by atoms with Crippen LogP contribution in [0, 0.1) is 0 Å². The Morgan fingerprint density at radius 1 is 1.04 bits per heavy atom. The van der Waals surface area contributed by atoms with Gasteiger partial charge in [0.05, 0.1) is 11.4 Å². The van der Waals surface area contributed by atoms with E-state index in [9.17, 15) is 4.79 Å². The van der Waals surface area contributed by atoms with E-state index in [1.165, 1.54) is 28.7 Å². The minimum Gasteiger partial charge on any atom is -0.299 e. The second-order valence-electron chi connectivity index (χ2n) is 5.29. The first-order chi connectivity index (χ1) is 13.2. The molecule has 6 nitrogen and oxygen atoms in total. The van der Waals surface area contributed by atoms with E-state index in [1.807, 2.05) is 30.3 Å². The molecule has 0 unspecified atom stereocenters. The Bertz CT molecular complexity index is 886. The molecular formula is C18H17N5OS3. The van der Waals surface area contributed by atoms with E-state index < -0.39 is 0 Å². The zero-order chi connectivity index (χ0) is 18.9. The van der Waals surface area contributed by atoms with Gasteiger partial charge in [-0.15, -0.1) is 10.2 Å². The van der Waals surface area contributed by atoms with E-state index in [0.29, 0.717) is 5.70 Å². The first-order valence-electron chi connectivity index (χ1n) is 7.98. The minimum absolute atomic E-state index is 0.168. The van der Waals surface area contributed by atoms with E-state index in [0.717, 1.165) is 20.0 Å². The van der Waals surface area contributed by atoms with E-state index in [4.69, 9.17) is 0 Å². The highest BCUT2D eigenvalue weighted by Gasteiger charge is 2.09. The number of benzene rings is 1. The van der Waals surface area contributed by atoms with Gasteiger partial charge in [0.1, 0.15) is 0 Å². The van der Waals surface area contributed by atoms with Gasteiger partial charge in [-0.1, -0.05) is 71.8 Å². The molecule has 0 saturated heterocycles. The number of pyridine rings is 1. The third-order valence-electron chi connectivity index (χ3n) is 3.28. The number of thioether (sulfide) groups is 2. The Labute approximate surface area is 169 Å². The number of carbonyl (C=O) groups excluding carboxylic acids is 1. The summed E-state index contributed by atoms with van der Waals surface area (Å²) in [6, 6.07) is 13.9. The molecule has 0 aliphatic carbocycles. The zero-order valence-corrected chi connectivity index (χ0v) is 16.7. The maximum atomic E-state index is 12.0. The van der Waals surface area contributed by atoms with Crippen LogP contribution in [0.5, 0.6) is 0 Å². The number of rotatable bonds is 9. The number of amides is 1. The molecule has 138 valence electrons. The second-order valence-corrected chi connectivity index (χ2v) is 8.71. The van der Waals surface area contributed by atoms with Crippen molar-refractivity contribution in [3.63, 3.8) is 0 Å². The molecule has 0 saturated carbocycles. The first-order valence-corrected chi connectivity index (χ1v) is 10.8. The van der Waals surface area contributed by atoms with E-state index in [2.05, 4.69) is 44.7 Å². The molecule has 2 heterocycles. The van der Waals surface area contributed by atoms with Gasteiger partial charge in [-0.05, 0) is 17.7 Å². The van der Waals surface area contributed by atoms with Gasteiger partial charge >= 0.3 is 0 Å². The van der Waals surface area contributed by atoms with Gasteiger partial charge < -0.3 is 0 Å². The van der Waals surface area contributed by atoms with Crippen LogP contribution in [0.1, 0.15) is 11.1 Å². The van der Waals surface area contributed by atoms with Gasteiger partial charge in [-0.25, -0.2) is 0 Å². The molecule has 1 amide bonds. The molecule has 0 fully saturated rings. The summed E-state index contributed by atoms with van der Waals surface area (Å²) in [6.45, 7) is 3.87. The van der Waals surface area contributed by atoms with Gasteiger partial charge in [0, 0.05) is 23.7 Å². The fourth-order valence-corrected chi connectivity index (χ4v) is 4.73. The number of aromatic nitrogens is 3. The Morgan fingerprint density at radius 3 is 2.56 bits per heavy atom. The van der Waals surface area contributed by atoms with Crippen molar-refractivity contribution < 1.29 is 4.79 Å². The van der Waals surface area contributed by atoms with Crippen molar-refractivity contribution in [2.45, 2.75) is 14.4 Å². The summed E-state index contributed by atoms with van der Waals surface area (Å²) in [5, 5.41) is 8.29. The SMILES string of the molecule is C=C(NNC(=O)CSc1nnc(SCc2ccccc2)s1)c1cccnc1. The van der Waals surface area contributed by atoms with Crippen molar-refractivity contribution >= 4 is 46.5 Å². The summed E-state index contributed by atoms with van der Waals surface area (Å²) in [7, 11) is 0. The standard InChI is InChI=1S/C18H17N5OS3/c1-13(15-8-5-9-19-10-15)20-21-16(24)12-26-18-23-22-17(27-18)25-11-14-6-3-2-4-7-14/h2-10,20H,1,11-12H2,(H,21,24). The number of carbonyl (C=O) groups is 1. The van der Waals surface area contributed by atoms with Crippen LogP contribution >= 0.6 is 34.9 Å². The lowest BCUT2D eigenvalue weighted by Crippen LogP contribution is -2.37. The summed E-state index contributed by atoms with van der Waals surface area (Å²) in [4.78, 5) is 16.0. The van der Waals surface area contributed by atoms with Crippen LogP contribution < -0.4 is 10.9 Å². The van der Waals surface area contributed by atoms with Crippen LogP contribution in [-0.4, -0.2) is 26.8 Å². The summed E-state index contributed by atoms with van der Waals surface area (Å²) in [5.41, 5.74) is 8.05. The predicted molar refractivity (Wildman–Crippen MR) is 111 cm³/mol. The average molecular weight is 416 g/mol. The van der Waals surface area contributed by atoms with E-state index in [-0.39, 0.29) is 11.7 Å². The highest BCUT2D eigenvalue weighted by atomic mass is 32.2. The van der Waals surface area contributed by atoms with Gasteiger partial charge in [-0.2, -0.15) is 0 Å². The van der Waals surface area contributed by atoms with Crippen molar-refractivity contribution in [1.82, 2.24) is 26.0 Å². The highest BCUT2D eigenvalue weighted by Crippen LogP contribution is 2.30. The fraction of sp³-hybridized carbons (Fsp3) is 0.111. The third-order valence-corrected chi connectivity index (χ3v) is 6.54. The topological polar surface area (TPSA) is 79.8 Å². The van der Waals surface area contributed by atoms with Crippen LogP contribution in [0.2, 0.25) is 0 Å². The van der Waals surface area contributed by atoms with Crippen molar-refractivity contribution in [1.29, 1.82) is 0 Å². The molecule has 3 aromatic rings. The third kappa shape index (κ3) is 6.38. The Balaban J connectivity index is 1.39. The monoisotopic (exact) mass is 415 g/mol. The zero-order valence-electron chi connectivity index (χ0n) is 14.3. The second kappa shape index (κ2) is 10.1. The fourth-order valence-electron chi connectivity index (χ4n) is 1.96. The Kier molecular flexibility index (Phi) is 7.26. The lowest BCUT2D eigenvalue weighted by atomic mass is 10.2. The summed E-state index contributed by atoms with van der Waals surface area (Å²) in [5.74, 6) is 0.922. The lowest BCUT2D eigenvalue weighted by molar-refractivity contribution is -0.119. The molecule has 1 aromatic carbocycles. The van der Waals surface area contributed by atoms with E-state index >= 15 is 0 Å². The number of hydrazine groups is 1. The van der Waals surface area contributed by atoms with Crippen molar-refractivity contribution in [2.24, 2.45) is 0 Å². The normalized spacial score (nSPS) is 10.4. The van der Waals surface area contributed by atoms with Crippen LogP contribution in [0.15, 0.2) is 70.1 Å². The van der Waals surface area contributed by atoms with Crippen molar-refractivity contribution in [3.8, 4) is 0 Å². The predicted octanol–water partition coefficient (Wildman–Crippen LogP) is 3.61. The molecule has 0 aliphatic heterocycles. The molecule has 9 heteroatoms. The molecule has 0 bridgehead atoms. The smallest absolute Gasteiger partial charge is 0.248 e. The van der Waals surface area contributed by atoms with Crippen LogP contribution in [-0.2, 0) is 10.5 Å². The van der Waals surface area contributed by atoms with Gasteiger partial charge in [0.15, 0.2) is 8.68 Å². The summed E-state index contributed by atoms with van der Waals surface area (Å²) >= 11 is 4.49. The molecule has 2 N–H and O–H groups in total. The number of hydrogen-bond donors (Lipinski definition) is 2. The molecular weight excluding hydrogens is 398 g/mol. The Hall–Kier alpha value is -2.36. The maximum absolute atomic E-state index is 12.0. The summed E-state index contributed by atoms with van der Waals surface area (Å²) in [6.07, 6.45) is 3.35. The van der Waals surface area contributed by atoms with Crippen molar-refractivity contribution in [3.05, 3.63) is 72.6 Å². The molecule has 0 radical (unpaired) electrons.